The molecule has 26 heavy (non-hydrogen) atoms. The maximum atomic E-state index is 14.4. The summed E-state index contributed by atoms with van der Waals surface area (Å²) >= 11 is 0. The molecule has 0 amide bonds. The molecular weight excluding hydrogens is 444 g/mol. The Morgan fingerprint density at radius 1 is 1.31 bits per heavy atom. The van der Waals surface area contributed by atoms with E-state index in [2.05, 4.69) is 34.5 Å². The number of guanidine groups is 1. The zero-order valence-corrected chi connectivity index (χ0v) is 18.3. The van der Waals surface area contributed by atoms with E-state index in [9.17, 15) is 4.39 Å². The fourth-order valence-corrected chi connectivity index (χ4v) is 2.61. The smallest absolute Gasteiger partial charge is 0.191 e. The van der Waals surface area contributed by atoms with Gasteiger partial charge in [-0.3, -0.25) is 4.99 Å². The van der Waals surface area contributed by atoms with Gasteiger partial charge in [0.25, 0.3) is 0 Å². The van der Waals surface area contributed by atoms with Gasteiger partial charge in [-0.05, 0) is 43.4 Å². The van der Waals surface area contributed by atoms with Crippen LogP contribution in [0.25, 0.3) is 5.69 Å². The fourth-order valence-electron chi connectivity index (χ4n) is 2.61. The summed E-state index contributed by atoms with van der Waals surface area (Å²) in [7, 11) is 1.74. The molecule has 1 heterocycles. The van der Waals surface area contributed by atoms with Crippen LogP contribution in [0.2, 0.25) is 0 Å². The maximum Gasteiger partial charge on any atom is 0.191 e. The molecule has 0 fully saturated rings. The van der Waals surface area contributed by atoms with Gasteiger partial charge in [-0.25, -0.2) is 9.37 Å². The molecule has 0 aliphatic carbocycles. The van der Waals surface area contributed by atoms with E-state index in [1.165, 1.54) is 6.42 Å². The molecule has 144 valence electrons. The Bertz CT molecular complexity index is 712. The second-order valence-corrected chi connectivity index (χ2v) is 6.52. The van der Waals surface area contributed by atoms with Crippen LogP contribution in [0, 0.1) is 18.7 Å². The lowest BCUT2D eigenvalue weighted by molar-refractivity contribution is 0.549. The summed E-state index contributed by atoms with van der Waals surface area (Å²) < 4.78 is 16.1. The van der Waals surface area contributed by atoms with E-state index in [1.54, 1.807) is 36.1 Å². The molecule has 0 aliphatic heterocycles. The molecule has 2 aromatic rings. The Labute approximate surface area is 172 Å². The Balaban J connectivity index is 0.00000338. The molecule has 0 saturated carbocycles. The summed E-state index contributed by atoms with van der Waals surface area (Å²) in [6.07, 6.45) is 5.71. The van der Waals surface area contributed by atoms with Crippen molar-refractivity contribution in [3.8, 4) is 5.69 Å². The summed E-state index contributed by atoms with van der Waals surface area (Å²) in [5, 5.41) is 6.50. The van der Waals surface area contributed by atoms with E-state index in [-0.39, 0.29) is 29.8 Å². The van der Waals surface area contributed by atoms with Crippen molar-refractivity contribution >= 4 is 29.9 Å². The van der Waals surface area contributed by atoms with Crippen LogP contribution in [-0.4, -0.2) is 29.1 Å². The predicted molar refractivity (Wildman–Crippen MR) is 116 cm³/mol. The Hall–Kier alpha value is -1.64. The molecule has 5 nitrogen and oxygen atoms in total. The van der Waals surface area contributed by atoms with Crippen LogP contribution >= 0.6 is 24.0 Å². The van der Waals surface area contributed by atoms with E-state index >= 15 is 0 Å². The van der Waals surface area contributed by atoms with Gasteiger partial charge in [-0.15, -0.1) is 24.0 Å². The van der Waals surface area contributed by atoms with E-state index in [4.69, 9.17) is 0 Å². The number of halogens is 2. The van der Waals surface area contributed by atoms with E-state index in [1.807, 2.05) is 13.0 Å². The van der Waals surface area contributed by atoms with Gasteiger partial charge in [0.05, 0.1) is 5.69 Å². The summed E-state index contributed by atoms with van der Waals surface area (Å²) in [6, 6.07) is 5.24. The summed E-state index contributed by atoms with van der Waals surface area (Å²) in [5.41, 5.74) is 1.37. The van der Waals surface area contributed by atoms with Crippen molar-refractivity contribution in [3.05, 3.63) is 47.8 Å². The van der Waals surface area contributed by atoms with Gasteiger partial charge in [0.1, 0.15) is 11.6 Å². The highest BCUT2D eigenvalue weighted by Crippen LogP contribution is 2.16. The molecule has 0 saturated heterocycles. The van der Waals surface area contributed by atoms with Crippen LogP contribution in [0.4, 0.5) is 4.39 Å². The SMILES string of the molecule is CN=C(NCCCC(C)C)NCc1ccc(-n2ccnc2C)c(F)c1.I. The highest BCUT2D eigenvalue weighted by Gasteiger charge is 2.08. The molecule has 1 aromatic carbocycles. The van der Waals surface area contributed by atoms with Gasteiger partial charge in [-0.1, -0.05) is 19.9 Å². The second kappa shape index (κ2) is 11.2. The van der Waals surface area contributed by atoms with Gasteiger partial charge in [-0.2, -0.15) is 0 Å². The number of nitrogens with one attached hydrogen (secondary N) is 2. The van der Waals surface area contributed by atoms with Crippen molar-refractivity contribution in [2.75, 3.05) is 13.6 Å². The summed E-state index contributed by atoms with van der Waals surface area (Å²) in [5.74, 6) is 1.94. The third-order valence-corrected chi connectivity index (χ3v) is 4.03. The molecular formula is C19H29FIN5. The number of aliphatic imine (C=N–C) groups is 1. The zero-order valence-electron chi connectivity index (χ0n) is 15.9. The number of aromatic nitrogens is 2. The highest BCUT2D eigenvalue weighted by molar-refractivity contribution is 14.0. The van der Waals surface area contributed by atoms with Gasteiger partial charge in [0.15, 0.2) is 5.96 Å². The molecule has 7 heteroatoms. The molecule has 2 N–H and O–H groups in total. The van der Waals surface area contributed by atoms with Crippen LogP contribution < -0.4 is 10.6 Å². The monoisotopic (exact) mass is 473 g/mol. The van der Waals surface area contributed by atoms with Crippen LogP contribution in [0.3, 0.4) is 0 Å². The average Bonchev–Trinajstić information content (AvgIpc) is 3.00. The molecule has 0 spiro atoms. The van der Waals surface area contributed by atoms with Crippen molar-refractivity contribution in [1.82, 2.24) is 20.2 Å². The minimum Gasteiger partial charge on any atom is -0.356 e. The lowest BCUT2D eigenvalue weighted by Gasteiger charge is -2.13. The van der Waals surface area contributed by atoms with Crippen molar-refractivity contribution in [1.29, 1.82) is 0 Å². The van der Waals surface area contributed by atoms with Crippen molar-refractivity contribution in [3.63, 3.8) is 0 Å². The minimum absolute atomic E-state index is 0. The third-order valence-electron chi connectivity index (χ3n) is 4.03. The first-order valence-corrected chi connectivity index (χ1v) is 8.74. The van der Waals surface area contributed by atoms with Crippen LogP contribution in [0.15, 0.2) is 35.6 Å². The zero-order chi connectivity index (χ0) is 18.2. The lowest BCUT2D eigenvalue weighted by Crippen LogP contribution is -2.37. The number of imidazole rings is 1. The van der Waals surface area contributed by atoms with E-state index in [0.29, 0.717) is 18.2 Å². The number of hydrogen-bond donors (Lipinski definition) is 2. The number of aryl methyl sites for hydroxylation is 1. The average molecular weight is 473 g/mol. The van der Waals surface area contributed by atoms with Gasteiger partial charge in [0, 0.05) is 32.5 Å². The number of benzene rings is 1. The number of nitrogens with zero attached hydrogens (tertiary/aromatic N) is 3. The van der Waals surface area contributed by atoms with Gasteiger partial charge >= 0.3 is 0 Å². The molecule has 0 radical (unpaired) electrons. The Kier molecular flexibility index (Phi) is 9.61. The first kappa shape index (κ1) is 22.4. The summed E-state index contributed by atoms with van der Waals surface area (Å²) in [6.45, 7) is 7.69. The third kappa shape index (κ3) is 6.59. The van der Waals surface area contributed by atoms with Crippen LogP contribution in [-0.2, 0) is 6.54 Å². The molecule has 1 aromatic heterocycles. The lowest BCUT2D eigenvalue weighted by atomic mass is 10.1. The first-order valence-electron chi connectivity index (χ1n) is 8.74. The molecule has 0 bridgehead atoms. The normalized spacial score (nSPS) is 11.4. The standard InChI is InChI=1S/C19H28FN5.HI/c1-14(2)6-5-9-23-19(21-4)24-13-16-7-8-18(17(20)12-16)25-11-10-22-15(25)3;/h7-8,10-12,14H,5-6,9,13H2,1-4H3,(H2,21,23,24);1H. The Morgan fingerprint density at radius 2 is 2.08 bits per heavy atom. The highest BCUT2D eigenvalue weighted by atomic mass is 127. The maximum absolute atomic E-state index is 14.4. The topological polar surface area (TPSA) is 54.2 Å². The van der Waals surface area contributed by atoms with Gasteiger partial charge < -0.3 is 15.2 Å². The fraction of sp³-hybridized carbons (Fsp3) is 0.474. The molecule has 0 aliphatic rings. The van der Waals surface area contributed by atoms with Crippen molar-refractivity contribution < 1.29 is 4.39 Å². The molecule has 2 rings (SSSR count). The molecule has 0 unspecified atom stereocenters. The van der Waals surface area contributed by atoms with Crippen molar-refractivity contribution in [2.45, 2.75) is 40.2 Å². The van der Waals surface area contributed by atoms with Gasteiger partial charge in [0.2, 0.25) is 0 Å². The minimum atomic E-state index is -0.264. The Morgan fingerprint density at radius 3 is 2.65 bits per heavy atom. The van der Waals surface area contributed by atoms with E-state index < -0.39 is 0 Å². The second-order valence-electron chi connectivity index (χ2n) is 6.52. The van der Waals surface area contributed by atoms with E-state index in [0.717, 1.165) is 30.3 Å². The number of hydrogen-bond acceptors (Lipinski definition) is 2. The van der Waals surface area contributed by atoms with Crippen molar-refractivity contribution in [2.24, 2.45) is 10.9 Å². The predicted octanol–water partition coefficient (Wildman–Crippen LogP) is 4.04. The quantitative estimate of drug-likeness (QED) is 0.276. The summed E-state index contributed by atoms with van der Waals surface area (Å²) in [4.78, 5) is 8.33. The number of rotatable bonds is 7. The van der Waals surface area contributed by atoms with Crippen LogP contribution in [0.1, 0.15) is 38.1 Å². The largest absolute Gasteiger partial charge is 0.356 e. The van der Waals surface area contributed by atoms with Crippen LogP contribution in [0.5, 0.6) is 0 Å². The molecule has 0 atom stereocenters. The first-order chi connectivity index (χ1) is 12.0.